The van der Waals surface area contributed by atoms with Crippen LogP contribution in [0.3, 0.4) is 0 Å². The lowest BCUT2D eigenvalue weighted by atomic mass is 9.87. The highest BCUT2D eigenvalue weighted by atomic mass is 19.1. The molecule has 4 rings (SSSR count). The second-order valence-electron chi connectivity index (χ2n) is 9.57. The summed E-state index contributed by atoms with van der Waals surface area (Å²) in [5.74, 6) is 0.876. The van der Waals surface area contributed by atoms with Gasteiger partial charge in [0.15, 0.2) is 6.10 Å². The fourth-order valence-corrected chi connectivity index (χ4v) is 4.63. The topological polar surface area (TPSA) is 71.8 Å². The number of hydrogen-bond acceptors (Lipinski definition) is 4. The Kier molecular flexibility index (Phi) is 8.08. The van der Waals surface area contributed by atoms with Crippen molar-refractivity contribution in [2.75, 3.05) is 6.54 Å². The van der Waals surface area contributed by atoms with Gasteiger partial charge in [0.25, 0.3) is 5.91 Å². The van der Waals surface area contributed by atoms with E-state index < -0.39 is 12.1 Å². The Morgan fingerprint density at radius 2 is 2.00 bits per heavy atom. The van der Waals surface area contributed by atoms with Crippen molar-refractivity contribution >= 4 is 11.8 Å². The summed E-state index contributed by atoms with van der Waals surface area (Å²) in [6, 6.07) is 15.3. The first-order chi connectivity index (χ1) is 17.4. The quantitative estimate of drug-likeness (QED) is 0.433. The summed E-state index contributed by atoms with van der Waals surface area (Å²) in [6.45, 7) is 6.76. The van der Waals surface area contributed by atoms with E-state index in [0.717, 1.165) is 11.1 Å². The predicted octanol–water partition coefficient (Wildman–Crippen LogP) is 5.41. The molecule has 0 aliphatic carbocycles. The molecule has 2 unspecified atom stereocenters. The number of carbonyl (C=O) groups is 2. The normalized spacial score (nSPS) is 15.9. The Morgan fingerprint density at radius 1 is 1.17 bits per heavy atom. The van der Waals surface area contributed by atoms with Crippen molar-refractivity contribution < 1.29 is 23.1 Å². The van der Waals surface area contributed by atoms with Gasteiger partial charge < -0.3 is 19.4 Å². The van der Waals surface area contributed by atoms with Crippen LogP contribution in [0.2, 0.25) is 0 Å². The highest BCUT2D eigenvalue weighted by Gasteiger charge is 2.33. The lowest BCUT2D eigenvalue weighted by molar-refractivity contribution is -0.134. The summed E-state index contributed by atoms with van der Waals surface area (Å²) in [5, 5.41) is 2.85. The minimum atomic E-state index is -0.687. The van der Waals surface area contributed by atoms with Crippen molar-refractivity contribution in [1.82, 2.24) is 10.2 Å². The van der Waals surface area contributed by atoms with Crippen LogP contribution < -0.4 is 10.1 Å². The Hall–Kier alpha value is -3.61. The van der Waals surface area contributed by atoms with Crippen molar-refractivity contribution in [2.24, 2.45) is 5.92 Å². The SMILES string of the molecule is CCC(Oc1ccc2c(c1)C(c1cccc(F)c1)N(C(=O)CC(C)C)CC2)C(=O)NCc1ccco1. The summed E-state index contributed by atoms with van der Waals surface area (Å²) < 4.78 is 25.6. The first kappa shape index (κ1) is 25.5. The van der Waals surface area contributed by atoms with Crippen LogP contribution in [0, 0.1) is 11.7 Å². The Balaban J connectivity index is 1.61. The van der Waals surface area contributed by atoms with Crippen LogP contribution in [-0.4, -0.2) is 29.4 Å². The second-order valence-corrected chi connectivity index (χ2v) is 9.57. The predicted molar refractivity (Wildman–Crippen MR) is 135 cm³/mol. The van der Waals surface area contributed by atoms with Gasteiger partial charge in [0.05, 0.1) is 18.8 Å². The number of rotatable bonds is 9. The fourth-order valence-electron chi connectivity index (χ4n) is 4.63. The van der Waals surface area contributed by atoms with E-state index in [1.807, 2.05) is 49.9 Å². The Bertz CT molecular complexity index is 1190. The molecule has 1 N–H and O–H groups in total. The number of fused-ring (bicyclic) bond motifs is 1. The summed E-state index contributed by atoms with van der Waals surface area (Å²) in [7, 11) is 0. The number of ether oxygens (including phenoxy) is 1. The van der Waals surface area contributed by atoms with Crippen LogP contribution >= 0.6 is 0 Å². The zero-order valence-corrected chi connectivity index (χ0v) is 21.0. The molecule has 1 aliphatic rings. The molecule has 3 aromatic rings. The summed E-state index contributed by atoms with van der Waals surface area (Å²) in [4.78, 5) is 27.8. The highest BCUT2D eigenvalue weighted by Crippen LogP contribution is 2.38. The van der Waals surface area contributed by atoms with Crippen molar-refractivity contribution in [3.05, 3.63) is 89.1 Å². The molecule has 0 radical (unpaired) electrons. The smallest absolute Gasteiger partial charge is 0.261 e. The molecule has 1 aliphatic heterocycles. The molecule has 0 bridgehead atoms. The molecule has 0 saturated carbocycles. The van der Waals surface area contributed by atoms with E-state index in [2.05, 4.69) is 5.32 Å². The second kappa shape index (κ2) is 11.4. The van der Waals surface area contributed by atoms with Gasteiger partial charge in [0.2, 0.25) is 5.91 Å². The Labute approximate surface area is 211 Å². The number of nitrogens with one attached hydrogen (secondary N) is 1. The van der Waals surface area contributed by atoms with Gasteiger partial charge in [-0.3, -0.25) is 9.59 Å². The molecule has 0 spiro atoms. The maximum Gasteiger partial charge on any atom is 0.261 e. The molecule has 190 valence electrons. The third kappa shape index (κ3) is 5.96. The molecule has 0 saturated heterocycles. The molecule has 2 atom stereocenters. The molecular formula is C29H33FN2O4. The number of benzene rings is 2. The number of halogens is 1. The van der Waals surface area contributed by atoms with Crippen LogP contribution in [0.4, 0.5) is 4.39 Å². The monoisotopic (exact) mass is 492 g/mol. The summed E-state index contributed by atoms with van der Waals surface area (Å²) in [6.07, 6.45) is 2.48. The largest absolute Gasteiger partial charge is 0.481 e. The number of furan rings is 1. The highest BCUT2D eigenvalue weighted by molar-refractivity contribution is 5.81. The molecule has 6 nitrogen and oxygen atoms in total. The molecule has 7 heteroatoms. The van der Waals surface area contributed by atoms with E-state index in [1.54, 1.807) is 24.5 Å². The lowest BCUT2D eigenvalue weighted by Crippen LogP contribution is -2.41. The third-order valence-corrected chi connectivity index (χ3v) is 6.37. The molecule has 2 aromatic carbocycles. The molecular weight excluding hydrogens is 459 g/mol. The van der Waals surface area contributed by atoms with Crippen molar-refractivity contribution in [2.45, 2.75) is 58.7 Å². The van der Waals surface area contributed by atoms with Crippen molar-refractivity contribution in [1.29, 1.82) is 0 Å². The number of carbonyl (C=O) groups excluding carboxylic acids is 2. The maximum atomic E-state index is 14.2. The van der Waals surface area contributed by atoms with E-state index in [-0.39, 0.29) is 30.1 Å². The van der Waals surface area contributed by atoms with Crippen LogP contribution in [0.25, 0.3) is 0 Å². The molecule has 2 heterocycles. The first-order valence-corrected chi connectivity index (χ1v) is 12.5. The van der Waals surface area contributed by atoms with Gasteiger partial charge in [-0.1, -0.05) is 39.0 Å². The van der Waals surface area contributed by atoms with Crippen LogP contribution in [0.15, 0.2) is 65.3 Å². The summed E-state index contributed by atoms with van der Waals surface area (Å²) >= 11 is 0. The first-order valence-electron chi connectivity index (χ1n) is 12.5. The number of nitrogens with zero attached hydrogens (tertiary/aromatic N) is 1. The van der Waals surface area contributed by atoms with Gasteiger partial charge in [0, 0.05) is 13.0 Å². The average Bonchev–Trinajstić information content (AvgIpc) is 3.38. The lowest BCUT2D eigenvalue weighted by Gasteiger charge is -2.38. The zero-order chi connectivity index (χ0) is 25.7. The van der Waals surface area contributed by atoms with Crippen LogP contribution in [0.5, 0.6) is 5.75 Å². The number of hydrogen-bond donors (Lipinski definition) is 1. The summed E-state index contributed by atoms with van der Waals surface area (Å²) in [5.41, 5.74) is 2.70. The average molecular weight is 493 g/mol. The Morgan fingerprint density at radius 3 is 2.69 bits per heavy atom. The third-order valence-electron chi connectivity index (χ3n) is 6.37. The molecule has 1 aromatic heterocycles. The minimum absolute atomic E-state index is 0.0416. The van der Waals surface area contributed by atoms with Gasteiger partial charge in [-0.25, -0.2) is 4.39 Å². The zero-order valence-electron chi connectivity index (χ0n) is 21.0. The van der Waals surface area contributed by atoms with Gasteiger partial charge >= 0.3 is 0 Å². The molecule has 0 fully saturated rings. The van der Waals surface area contributed by atoms with Gasteiger partial charge in [-0.15, -0.1) is 0 Å². The van der Waals surface area contributed by atoms with Crippen molar-refractivity contribution in [3.8, 4) is 5.75 Å². The van der Waals surface area contributed by atoms with Gasteiger partial charge in [-0.05, 0) is 71.8 Å². The standard InChI is InChI=1S/C29H33FN2O4/c1-4-26(29(34)31-18-24-9-6-14-35-24)36-23-11-10-20-12-13-32(27(33)15-19(2)3)28(25(20)17-23)21-7-5-8-22(30)16-21/h5-11,14,16-17,19,26,28H,4,12-13,15,18H2,1-3H3,(H,31,34). The van der Waals surface area contributed by atoms with Gasteiger partial charge in [0.1, 0.15) is 17.3 Å². The van der Waals surface area contributed by atoms with E-state index in [1.165, 1.54) is 12.1 Å². The number of amides is 2. The van der Waals surface area contributed by atoms with Crippen LogP contribution in [0.1, 0.15) is 62.1 Å². The van der Waals surface area contributed by atoms with E-state index in [0.29, 0.717) is 42.9 Å². The van der Waals surface area contributed by atoms with Crippen molar-refractivity contribution in [3.63, 3.8) is 0 Å². The van der Waals surface area contributed by atoms with E-state index in [4.69, 9.17) is 9.15 Å². The minimum Gasteiger partial charge on any atom is -0.481 e. The maximum absolute atomic E-state index is 14.2. The van der Waals surface area contributed by atoms with Crippen LogP contribution in [-0.2, 0) is 22.6 Å². The molecule has 2 amide bonds. The van der Waals surface area contributed by atoms with E-state index in [9.17, 15) is 14.0 Å². The molecule has 36 heavy (non-hydrogen) atoms. The van der Waals surface area contributed by atoms with Gasteiger partial charge in [-0.2, -0.15) is 0 Å². The fraction of sp³-hybridized carbons (Fsp3) is 0.379. The van der Waals surface area contributed by atoms with E-state index >= 15 is 0 Å².